The monoisotopic (exact) mass is 299 g/mol. The maximum Gasteiger partial charge on any atom is 0.255 e. The van der Waals surface area contributed by atoms with Crippen LogP contribution in [0.4, 0.5) is 0 Å². The fourth-order valence-electron chi connectivity index (χ4n) is 1.30. The highest BCUT2D eigenvalue weighted by molar-refractivity contribution is 9.10. The number of rotatable bonds is 4. The summed E-state index contributed by atoms with van der Waals surface area (Å²) in [5.41, 5.74) is 0.559. The summed E-state index contributed by atoms with van der Waals surface area (Å²) < 4.78 is 6.09. The quantitative estimate of drug-likeness (QED) is 0.927. The highest BCUT2D eigenvalue weighted by Crippen LogP contribution is 2.23. The molecule has 0 radical (unpaired) electrons. The first-order valence-corrected chi connectivity index (χ1v) is 6.39. The third-order valence-corrected chi connectivity index (χ3v) is 3.26. The van der Waals surface area contributed by atoms with E-state index >= 15 is 0 Å². The molecule has 1 aromatic rings. The molecule has 1 aromatic carbocycles. The molecule has 0 aliphatic rings. The summed E-state index contributed by atoms with van der Waals surface area (Å²) in [6.07, 6.45) is 0. The molecule has 0 saturated carbocycles. The molecule has 0 saturated heterocycles. The Labute approximate surface area is 111 Å². The standard InChI is InChI=1S/C13H18BrNO2/c1-8(2)9(3)15-13(16)11-6-5-10(14)7-12(11)17-4/h5-9H,1-4H3,(H,15,16). The number of hydrogen-bond acceptors (Lipinski definition) is 2. The molecule has 1 amide bonds. The molecule has 1 N–H and O–H groups in total. The van der Waals surface area contributed by atoms with Gasteiger partial charge in [0.25, 0.3) is 5.91 Å². The van der Waals surface area contributed by atoms with Gasteiger partial charge >= 0.3 is 0 Å². The minimum Gasteiger partial charge on any atom is -0.496 e. The lowest BCUT2D eigenvalue weighted by Crippen LogP contribution is -2.36. The molecule has 0 bridgehead atoms. The Hall–Kier alpha value is -1.03. The molecular formula is C13H18BrNO2. The maximum absolute atomic E-state index is 12.0. The van der Waals surface area contributed by atoms with E-state index in [0.717, 1.165) is 4.47 Å². The molecule has 4 heteroatoms. The Morgan fingerprint density at radius 3 is 2.53 bits per heavy atom. The average molecular weight is 300 g/mol. The number of carbonyl (C=O) groups excluding carboxylic acids is 1. The van der Waals surface area contributed by atoms with Crippen molar-refractivity contribution < 1.29 is 9.53 Å². The Morgan fingerprint density at radius 2 is 2.00 bits per heavy atom. The van der Waals surface area contributed by atoms with E-state index < -0.39 is 0 Å². The van der Waals surface area contributed by atoms with Gasteiger partial charge in [0, 0.05) is 10.5 Å². The minimum absolute atomic E-state index is 0.101. The van der Waals surface area contributed by atoms with Crippen LogP contribution in [-0.4, -0.2) is 19.1 Å². The molecule has 1 rings (SSSR count). The van der Waals surface area contributed by atoms with Crippen LogP contribution in [0.15, 0.2) is 22.7 Å². The SMILES string of the molecule is COc1cc(Br)ccc1C(=O)NC(C)C(C)C. The fourth-order valence-corrected chi connectivity index (χ4v) is 1.64. The Kier molecular flexibility index (Phi) is 5.00. The molecule has 0 aliphatic heterocycles. The largest absolute Gasteiger partial charge is 0.496 e. The van der Waals surface area contributed by atoms with Crippen molar-refractivity contribution in [3.05, 3.63) is 28.2 Å². The van der Waals surface area contributed by atoms with Crippen LogP contribution in [0.5, 0.6) is 5.75 Å². The third-order valence-electron chi connectivity index (χ3n) is 2.77. The Morgan fingerprint density at radius 1 is 1.35 bits per heavy atom. The van der Waals surface area contributed by atoms with Gasteiger partial charge in [-0.1, -0.05) is 29.8 Å². The van der Waals surface area contributed by atoms with Gasteiger partial charge in [0.2, 0.25) is 0 Å². The number of halogens is 1. The van der Waals surface area contributed by atoms with Gasteiger partial charge in [-0.3, -0.25) is 4.79 Å². The molecule has 0 heterocycles. The zero-order valence-corrected chi connectivity index (χ0v) is 12.2. The van der Waals surface area contributed by atoms with E-state index in [1.807, 2.05) is 13.0 Å². The number of nitrogens with one attached hydrogen (secondary N) is 1. The first-order chi connectivity index (χ1) is 7.95. The molecular weight excluding hydrogens is 282 g/mol. The number of carbonyl (C=O) groups is 1. The summed E-state index contributed by atoms with van der Waals surface area (Å²) in [5, 5.41) is 2.96. The van der Waals surface area contributed by atoms with Crippen molar-refractivity contribution in [3.63, 3.8) is 0 Å². The van der Waals surface area contributed by atoms with Gasteiger partial charge in [-0.25, -0.2) is 0 Å². The molecule has 3 nitrogen and oxygen atoms in total. The number of methoxy groups -OCH3 is 1. The molecule has 1 unspecified atom stereocenters. The van der Waals surface area contributed by atoms with E-state index in [4.69, 9.17) is 4.74 Å². The van der Waals surface area contributed by atoms with Crippen LogP contribution >= 0.6 is 15.9 Å². The van der Waals surface area contributed by atoms with Crippen molar-refractivity contribution in [3.8, 4) is 5.75 Å². The molecule has 0 aliphatic carbocycles. The molecule has 94 valence electrons. The fraction of sp³-hybridized carbons (Fsp3) is 0.462. The lowest BCUT2D eigenvalue weighted by atomic mass is 10.1. The second-order valence-corrected chi connectivity index (χ2v) is 5.27. The van der Waals surface area contributed by atoms with Crippen molar-refractivity contribution in [2.75, 3.05) is 7.11 Å². The summed E-state index contributed by atoms with van der Waals surface area (Å²) >= 11 is 3.35. The molecule has 1 atom stereocenters. The van der Waals surface area contributed by atoms with Crippen molar-refractivity contribution in [1.29, 1.82) is 0 Å². The maximum atomic E-state index is 12.0. The van der Waals surface area contributed by atoms with Gasteiger partial charge in [-0.2, -0.15) is 0 Å². The zero-order valence-electron chi connectivity index (χ0n) is 10.6. The molecule has 0 spiro atoms. The predicted molar refractivity (Wildman–Crippen MR) is 72.5 cm³/mol. The summed E-state index contributed by atoms with van der Waals surface area (Å²) in [7, 11) is 1.56. The molecule has 17 heavy (non-hydrogen) atoms. The van der Waals surface area contributed by atoms with Gasteiger partial charge < -0.3 is 10.1 Å². The van der Waals surface area contributed by atoms with Crippen molar-refractivity contribution in [2.45, 2.75) is 26.8 Å². The van der Waals surface area contributed by atoms with Crippen LogP contribution < -0.4 is 10.1 Å². The zero-order chi connectivity index (χ0) is 13.0. The van der Waals surface area contributed by atoms with Crippen LogP contribution in [0, 0.1) is 5.92 Å². The minimum atomic E-state index is -0.101. The summed E-state index contributed by atoms with van der Waals surface area (Å²) in [5.74, 6) is 0.878. The highest BCUT2D eigenvalue weighted by atomic mass is 79.9. The third kappa shape index (κ3) is 3.73. The van der Waals surface area contributed by atoms with E-state index in [9.17, 15) is 4.79 Å². The summed E-state index contributed by atoms with van der Waals surface area (Å²) in [4.78, 5) is 12.0. The van der Waals surface area contributed by atoms with E-state index in [2.05, 4.69) is 35.1 Å². The smallest absolute Gasteiger partial charge is 0.255 e. The van der Waals surface area contributed by atoms with Gasteiger partial charge in [0.1, 0.15) is 5.75 Å². The lowest BCUT2D eigenvalue weighted by molar-refractivity contribution is 0.0927. The van der Waals surface area contributed by atoms with E-state index in [-0.39, 0.29) is 11.9 Å². The predicted octanol–water partition coefficient (Wildman–Crippen LogP) is 3.23. The van der Waals surface area contributed by atoms with E-state index in [0.29, 0.717) is 17.2 Å². The first-order valence-electron chi connectivity index (χ1n) is 5.60. The number of benzene rings is 1. The molecule has 0 aromatic heterocycles. The van der Waals surface area contributed by atoms with E-state index in [1.54, 1.807) is 19.2 Å². The highest BCUT2D eigenvalue weighted by Gasteiger charge is 2.16. The normalized spacial score (nSPS) is 12.4. The van der Waals surface area contributed by atoms with Crippen molar-refractivity contribution in [1.82, 2.24) is 5.32 Å². The van der Waals surface area contributed by atoms with Gasteiger partial charge in [0.15, 0.2) is 0 Å². The molecule has 0 fully saturated rings. The number of amides is 1. The first kappa shape index (κ1) is 14.0. The topological polar surface area (TPSA) is 38.3 Å². The van der Waals surface area contributed by atoms with Crippen LogP contribution in [0.25, 0.3) is 0 Å². The van der Waals surface area contributed by atoms with Gasteiger partial charge in [-0.05, 0) is 31.0 Å². The van der Waals surface area contributed by atoms with Crippen LogP contribution in [-0.2, 0) is 0 Å². The van der Waals surface area contributed by atoms with Gasteiger partial charge in [0.05, 0.1) is 12.7 Å². The van der Waals surface area contributed by atoms with E-state index in [1.165, 1.54) is 0 Å². The van der Waals surface area contributed by atoms with Crippen LogP contribution in [0.2, 0.25) is 0 Å². The van der Waals surface area contributed by atoms with Crippen LogP contribution in [0.3, 0.4) is 0 Å². The summed E-state index contributed by atoms with van der Waals surface area (Å²) in [6, 6.07) is 5.51. The second-order valence-electron chi connectivity index (χ2n) is 4.35. The second kappa shape index (κ2) is 6.05. The summed E-state index contributed by atoms with van der Waals surface area (Å²) in [6.45, 7) is 6.14. The van der Waals surface area contributed by atoms with Crippen molar-refractivity contribution in [2.24, 2.45) is 5.92 Å². The lowest BCUT2D eigenvalue weighted by Gasteiger charge is -2.18. The number of ether oxygens (including phenoxy) is 1. The van der Waals surface area contributed by atoms with Crippen molar-refractivity contribution >= 4 is 21.8 Å². The number of hydrogen-bond donors (Lipinski definition) is 1. The van der Waals surface area contributed by atoms with Crippen LogP contribution in [0.1, 0.15) is 31.1 Å². The van der Waals surface area contributed by atoms with Gasteiger partial charge in [-0.15, -0.1) is 0 Å². The average Bonchev–Trinajstić information content (AvgIpc) is 2.28. The Bertz CT molecular complexity index is 404. The Balaban J connectivity index is 2.89.